The molecule has 1 heterocycles. The fourth-order valence-electron chi connectivity index (χ4n) is 3.59. The van der Waals surface area contributed by atoms with Crippen LogP contribution in [0.25, 0.3) is 16.6 Å². The lowest BCUT2D eigenvalue weighted by molar-refractivity contribution is -0.113. The summed E-state index contributed by atoms with van der Waals surface area (Å²) in [4.78, 5) is 42.1. The van der Waals surface area contributed by atoms with E-state index < -0.39 is 0 Å². The quantitative estimate of drug-likeness (QED) is 0.252. The number of amides is 1. The third-order valence-electron chi connectivity index (χ3n) is 5.25. The summed E-state index contributed by atoms with van der Waals surface area (Å²) in [6.45, 7) is 5.45. The smallest absolute Gasteiger partial charge is 0.266 e. The van der Waals surface area contributed by atoms with Gasteiger partial charge in [0.15, 0.2) is 10.9 Å². The van der Waals surface area contributed by atoms with Crippen LogP contribution in [0.5, 0.6) is 0 Å². The lowest BCUT2D eigenvalue weighted by Crippen LogP contribution is -2.23. The number of anilines is 1. The molecule has 4 rings (SSSR count). The summed E-state index contributed by atoms with van der Waals surface area (Å²) in [6, 6.07) is 19.8. The molecule has 0 fully saturated rings. The molecular formula is C26H23N3O3S. The van der Waals surface area contributed by atoms with E-state index in [1.807, 2.05) is 44.2 Å². The molecule has 33 heavy (non-hydrogen) atoms. The minimum absolute atomic E-state index is 0.0322. The standard InChI is InChI=1S/C26H23N3O3S/c1-16-8-13-23(17(2)14-16)29-25(32)21-6-4-5-7-22(21)28-26(29)33-15-24(31)27-20-11-9-19(10-12-20)18(3)30/h4-14H,15H2,1-3H3,(H,27,31). The van der Waals surface area contributed by atoms with Gasteiger partial charge in [0, 0.05) is 11.3 Å². The number of carbonyl (C=O) groups excluding carboxylic acids is 2. The average molecular weight is 458 g/mol. The molecule has 1 aromatic heterocycles. The number of ketones is 1. The molecule has 0 spiro atoms. The second-order valence-electron chi connectivity index (χ2n) is 7.81. The van der Waals surface area contributed by atoms with Crippen molar-refractivity contribution in [2.45, 2.75) is 25.9 Å². The van der Waals surface area contributed by atoms with Crippen LogP contribution in [-0.2, 0) is 4.79 Å². The molecule has 4 aromatic rings. The number of thioether (sulfide) groups is 1. The van der Waals surface area contributed by atoms with Crippen molar-refractivity contribution in [1.29, 1.82) is 0 Å². The maximum atomic E-state index is 13.4. The molecule has 6 nitrogen and oxygen atoms in total. The van der Waals surface area contributed by atoms with E-state index in [2.05, 4.69) is 5.32 Å². The summed E-state index contributed by atoms with van der Waals surface area (Å²) in [7, 11) is 0. The first-order valence-electron chi connectivity index (χ1n) is 10.5. The Kier molecular flexibility index (Phi) is 6.42. The first kappa shape index (κ1) is 22.5. The molecule has 1 N–H and O–H groups in total. The Balaban J connectivity index is 1.64. The van der Waals surface area contributed by atoms with Gasteiger partial charge in [-0.25, -0.2) is 4.98 Å². The second kappa shape index (κ2) is 9.42. The summed E-state index contributed by atoms with van der Waals surface area (Å²) in [5.74, 6) is -0.190. The molecule has 1 amide bonds. The maximum Gasteiger partial charge on any atom is 0.266 e. The molecule has 0 bridgehead atoms. The third-order valence-corrected chi connectivity index (χ3v) is 6.18. The summed E-state index contributed by atoms with van der Waals surface area (Å²) in [5, 5.41) is 3.80. The molecular weight excluding hydrogens is 434 g/mol. The minimum Gasteiger partial charge on any atom is -0.325 e. The van der Waals surface area contributed by atoms with Crippen LogP contribution in [0.4, 0.5) is 5.69 Å². The van der Waals surface area contributed by atoms with E-state index in [0.717, 1.165) is 16.8 Å². The van der Waals surface area contributed by atoms with Gasteiger partial charge in [0.1, 0.15) is 0 Å². The monoisotopic (exact) mass is 457 g/mol. The Labute approximate surface area is 195 Å². The number of nitrogens with zero attached hydrogens (tertiary/aromatic N) is 2. The van der Waals surface area contributed by atoms with Crippen molar-refractivity contribution in [3.05, 3.63) is 93.8 Å². The molecule has 0 aliphatic carbocycles. The number of nitrogens with one attached hydrogen (secondary N) is 1. The number of fused-ring (bicyclic) bond motifs is 1. The fourth-order valence-corrected chi connectivity index (χ4v) is 4.40. The molecule has 0 saturated carbocycles. The molecule has 0 aliphatic heterocycles. The largest absolute Gasteiger partial charge is 0.325 e. The van der Waals surface area contributed by atoms with Crippen molar-refractivity contribution in [3.8, 4) is 5.69 Å². The van der Waals surface area contributed by atoms with Crippen LogP contribution in [0, 0.1) is 13.8 Å². The zero-order valence-corrected chi connectivity index (χ0v) is 19.4. The number of para-hydroxylation sites is 1. The number of benzene rings is 3. The van der Waals surface area contributed by atoms with E-state index in [1.54, 1.807) is 41.0 Å². The van der Waals surface area contributed by atoms with Crippen molar-refractivity contribution in [2.24, 2.45) is 0 Å². The molecule has 0 radical (unpaired) electrons. The number of hydrogen-bond donors (Lipinski definition) is 1. The van der Waals surface area contributed by atoms with E-state index in [0.29, 0.717) is 27.3 Å². The molecule has 3 aromatic carbocycles. The highest BCUT2D eigenvalue weighted by atomic mass is 32.2. The van der Waals surface area contributed by atoms with E-state index in [9.17, 15) is 14.4 Å². The predicted molar refractivity (Wildman–Crippen MR) is 133 cm³/mol. The molecule has 0 aliphatic rings. The van der Waals surface area contributed by atoms with Gasteiger partial charge in [0.2, 0.25) is 5.91 Å². The van der Waals surface area contributed by atoms with Crippen LogP contribution in [0.3, 0.4) is 0 Å². The Bertz CT molecular complexity index is 1430. The van der Waals surface area contributed by atoms with Gasteiger partial charge in [-0.15, -0.1) is 0 Å². The Morgan fingerprint density at radius 2 is 1.73 bits per heavy atom. The summed E-state index contributed by atoms with van der Waals surface area (Å²) in [6.07, 6.45) is 0. The van der Waals surface area contributed by atoms with Crippen molar-refractivity contribution in [1.82, 2.24) is 9.55 Å². The minimum atomic E-state index is -0.231. The Hall–Kier alpha value is -3.71. The lowest BCUT2D eigenvalue weighted by Gasteiger charge is -2.15. The average Bonchev–Trinajstić information content (AvgIpc) is 2.79. The van der Waals surface area contributed by atoms with E-state index in [-0.39, 0.29) is 23.0 Å². The number of Topliss-reactive ketones (excluding diaryl/α,β-unsaturated/α-hetero) is 1. The number of carbonyl (C=O) groups is 2. The lowest BCUT2D eigenvalue weighted by atomic mass is 10.1. The van der Waals surface area contributed by atoms with Gasteiger partial charge < -0.3 is 5.32 Å². The normalized spacial score (nSPS) is 10.9. The van der Waals surface area contributed by atoms with E-state index >= 15 is 0 Å². The van der Waals surface area contributed by atoms with Gasteiger partial charge in [0.25, 0.3) is 5.56 Å². The molecule has 0 saturated heterocycles. The molecule has 166 valence electrons. The van der Waals surface area contributed by atoms with Crippen molar-refractivity contribution in [3.63, 3.8) is 0 Å². The van der Waals surface area contributed by atoms with Crippen molar-refractivity contribution >= 4 is 40.0 Å². The van der Waals surface area contributed by atoms with Gasteiger partial charge in [-0.1, -0.05) is 41.6 Å². The van der Waals surface area contributed by atoms with Crippen LogP contribution in [0.1, 0.15) is 28.4 Å². The zero-order valence-electron chi connectivity index (χ0n) is 18.6. The highest BCUT2D eigenvalue weighted by Crippen LogP contribution is 2.24. The fraction of sp³-hybridized carbons (Fsp3) is 0.154. The summed E-state index contributed by atoms with van der Waals surface area (Å²) < 4.78 is 1.58. The van der Waals surface area contributed by atoms with Gasteiger partial charge in [-0.2, -0.15) is 0 Å². The maximum absolute atomic E-state index is 13.4. The van der Waals surface area contributed by atoms with Gasteiger partial charge in [-0.05, 0) is 68.8 Å². The topological polar surface area (TPSA) is 81.1 Å². The van der Waals surface area contributed by atoms with Crippen LogP contribution in [0.15, 0.2) is 76.7 Å². The van der Waals surface area contributed by atoms with Gasteiger partial charge in [0.05, 0.1) is 22.3 Å². The Morgan fingerprint density at radius 1 is 1.00 bits per heavy atom. The summed E-state index contributed by atoms with van der Waals surface area (Å²) >= 11 is 1.20. The van der Waals surface area contributed by atoms with Crippen molar-refractivity contribution in [2.75, 3.05) is 11.1 Å². The highest BCUT2D eigenvalue weighted by molar-refractivity contribution is 7.99. The summed E-state index contributed by atoms with van der Waals surface area (Å²) in [5.41, 5.74) is 4.39. The van der Waals surface area contributed by atoms with Crippen molar-refractivity contribution < 1.29 is 9.59 Å². The van der Waals surface area contributed by atoms with Crippen LogP contribution >= 0.6 is 11.8 Å². The Morgan fingerprint density at radius 3 is 2.42 bits per heavy atom. The van der Waals surface area contributed by atoms with Crippen LogP contribution in [-0.4, -0.2) is 27.0 Å². The number of hydrogen-bond acceptors (Lipinski definition) is 5. The van der Waals surface area contributed by atoms with Gasteiger partial charge in [-0.3, -0.25) is 19.0 Å². The molecule has 7 heteroatoms. The van der Waals surface area contributed by atoms with Crippen LogP contribution in [0.2, 0.25) is 0 Å². The highest BCUT2D eigenvalue weighted by Gasteiger charge is 2.16. The van der Waals surface area contributed by atoms with Crippen LogP contribution < -0.4 is 10.9 Å². The molecule has 0 unspecified atom stereocenters. The zero-order chi connectivity index (χ0) is 23.5. The third kappa shape index (κ3) is 4.88. The van der Waals surface area contributed by atoms with E-state index in [4.69, 9.17) is 4.98 Å². The second-order valence-corrected chi connectivity index (χ2v) is 8.75. The number of aromatic nitrogens is 2. The predicted octanol–water partition coefficient (Wildman–Crippen LogP) is 4.94. The molecule has 0 atom stereocenters. The van der Waals surface area contributed by atoms with Gasteiger partial charge >= 0.3 is 0 Å². The SMILES string of the molecule is CC(=O)c1ccc(NC(=O)CSc2nc3ccccc3c(=O)n2-c2ccc(C)cc2C)cc1. The number of rotatable bonds is 6. The first-order chi connectivity index (χ1) is 15.8. The first-order valence-corrected chi connectivity index (χ1v) is 11.4. The van der Waals surface area contributed by atoms with E-state index in [1.165, 1.54) is 18.7 Å². The number of aryl methyl sites for hydroxylation is 2.